The van der Waals surface area contributed by atoms with Crippen molar-refractivity contribution >= 4 is 22.5 Å². The number of rotatable bonds is 1. The van der Waals surface area contributed by atoms with Crippen molar-refractivity contribution in [3.05, 3.63) is 53.9 Å². The van der Waals surface area contributed by atoms with Crippen molar-refractivity contribution in [3.8, 4) is 11.4 Å². The third-order valence-electron chi connectivity index (χ3n) is 2.48. The smallest absolute Gasteiger partial charge is 0.163 e. The maximum absolute atomic E-state index is 6.14. The molecular formula is C13H8ClN3. The van der Waals surface area contributed by atoms with Gasteiger partial charge < -0.3 is 0 Å². The van der Waals surface area contributed by atoms with E-state index in [0.717, 1.165) is 16.5 Å². The van der Waals surface area contributed by atoms with E-state index in [-0.39, 0.29) is 0 Å². The van der Waals surface area contributed by atoms with Gasteiger partial charge in [0.05, 0.1) is 5.52 Å². The zero-order valence-corrected chi connectivity index (χ0v) is 9.59. The van der Waals surface area contributed by atoms with Crippen LogP contribution in [0.5, 0.6) is 0 Å². The van der Waals surface area contributed by atoms with Gasteiger partial charge in [-0.1, -0.05) is 23.7 Å². The van der Waals surface area contributed by atoms with Gasteiger partial charge in [0.1, 0.15) is 5.15 Å². The van der Waals surface area contributed by atoms with Gasteiger partial charge in [0, 0.05) is 23.3 Å². The summed E-state index contributed by atoms with van der Waals surface area (Å²) < 4.78 is 0. The summed E-state index contributed by atoms with van der Waals surface area (Å²) in [7, 11) is 0. The summed E-state index contributed by atoms with van der Waals surface area (Å²) in [6.07, 6.45) is 3.44. The lowest BCUT2D eigenvalue weighted by atomic mass is 10.2. The van der Waals surface area contributed by atoms with Crippen LogP contribution in [-0.2, 0) is 0 Å². The van der Waals surface area contributed by atoms with E-state index in [4.69, 9.17) is 11.6 Å². The van der Waals surface area contributed by atoms with E-state index in [2.05, 4.69) is 15.0 Å². The van der Waals surface area contributed by atoms with Crippen molar-refractivity contribution in [2.75, 3.05) is 0 Å². The van der Waals surface area contributed by atoms with Gasteiger partial charge in [-0.05, 0) is 24.3 Å². The van der Waals surface area contributed by atoms with E-state index in [1.54, 1.807) is 12.4 Å². The molecule has 2 aromatic heterocycles. The third kappa shape index (κ3) is 1.85. The molecule has 0 fully saturated rings. The quantitative estimate of drug-likeness (QED) is 0.614. The van der Waals surface area contributed by atoms with E-state index in [0.29, 0.717) is 11.0 Å². The second kappa shape index (κ2) is 4.11. The molecule has 0 spiro atoms. The Balaban J connectivity index is 2.26. The molecule has 0 amide bonds. The molecule has 0 aliphatic carbocycles. The number of nitrogens with zero attached hydrogens (tertiary/aromatic N) is 3. The Morgan fingerprint density at radius 3 is 2.65 bits per heavy atom. The zero-order chi connectivity index (χ0) is 11.7. The van der Waals surface area contributed by atoms with Gasteiger partial charge in [0.25, 0.3) is 0 Å². The first kappa shape index (κ1) is 10.2. The van der Waals surface area contributed by atoms with Crippen LogP contribution in [0.2, 0.25) is 5.15 Å². The van der Waals surface area contributed by atoms with Crippen molar-refractivity contribution in [1.82, 2.24) is 15.0 Å². The van der Waals surface area contributed by atoms with Crippen LogP contribution in [-0.4, -0.2) is 15.0 Å². The molecule has 0 aliphatic rings. The van der Waals surface area contributed by atoms with Gasteiger partial charge in [-0.15, -0.1) is 0 Å². The van der Waals surface area contributed by atoms with E-state index < -0.39 is 0 Å². The van der Waals surface area contributed by atoms with Gasteiger partial charge in [-0.3, -0.25) is 4.98 Å². The highest BCUT2D eigenvalue weighted by Crippen LogP contribution is 2.23. The molecule has 3 rings (SSSR count). The normalized spacial score (nSPS) is 10.6. The number of para-hydroxylation sites is 1. The van der Waals surface area contributed by atoms with E-state index in [1.165, 1.54) is 0 Å². The predicted molar refractivity (Wildman–Crippen MR) is 67.8 cm³/mol. The Labute approximate surface area is 103 Å². The fraction of sp³-hybridized carbons (Fsp3) is 0. The number of pyridine rings is 1. The van der Waals surface area contributed by atoms with Gasteiger partial charge >= 0.3 is 0 Å². The summed E-state index contributed by atoms with van der Waals surface area (Å²) in [5.74, 6) is 0.599. The average Bonchev–Trinajstić information content (AvgIpc) is 2.40. The molecule has 0 saturated carbocycles. The van der Waals surface area contributed by atoms with Crippen LogP contribution in [0.25, 0.3) is 22.3 Å². The van der Waals surface area contributed by atoms with Crippen LogP contribution >= 0.6 is 11.6 Å². The van der Waals surface area contributed by atoms with Crippen molar-refractivity contribution < 1.29 is 0 Å². The van der Waals surface area contributed by atoms with Gasteiger partial charge in [0.15, 0.2) is 5.82 Å². The molecule has 0 bridgehead atoms. The standard InChI is InChI=1S/C13H8ClN3/c14-12-10-5-1-2-6-11(10)16-13(17-12)9-4-3-7-15-8-9/h1-8H. The highest BCUT2D eigenvalue weighted by Gasteiger charge is 2.06. The monoisotopic (exact) mass is 241 g/mol. The highest BCUT2D eigenvalue weighted by atomic mass is 35.5. The summed E-state index contributed by atoms with van der Waals surface area (Å²) in [6.45, 7) is 0. The minimum atomic E-state index is 0.467. The molecule has 0 radical (unpaired) electrons. The first-order valence-corrected chi connectivity index (χ1v) is 5.55. The summed E-state index contributed by atoms with van der Waals surface area (Å²) >= 11 is 6.14. The van der Waals surface area contributed by atoms with E-state index in [9.17, 15) is 0 Å². The maximum atomic E-state index is 6.14. The summed E-state index contributed by atoms with van der Waals surface area (Å²) in [5, 5.41) is 1.33. The van der Waals surface area contributed by atoms with Crippen molar-refractivity contribution in [1.29, 1.82) is 0 Å². The minimum Gasteiger partial charge on any atom is -0.264 e. The molecule has 17 heavy (non-hydrogen) atoms. The molecule has 0 atom stereocenters. The lowest BCUT2D eigenvalue weighted by molar-refractivity contribution is 1.21. The Hall–Kier alpha value is -2.00. The summed E-state index contributed by atoms with van der Waals surface area (Å²) in [6, 6.07) is 11.4. The topological polar surface area (TPSA) is 38.7 Å². The molecule has 0 unspecified atom stereocenters. The molecule has 0 aliphatic heterocycles. The lowest BCUT2D eigenvalue weighted by Gasteiger charge is -2.03. The molecule has 1 aromatic carbocycles. The van der Waals surface area contributed by atoms with Gasteiger partial charge in [-0.2, -0.15) is 0 Å². The Kier molecular flexibility index (Phi) is 2.46. The van der Waals surface area contributed by atoms with E-state index >= 15 is 0 Å². The molecular weight excluding hydrogens is 234 g/mol. The number of hydrogen-bond acceptors (Lipinski definition) is 3. The molecule has 3 aromatic rings. The summed E-state index contributed by atoms with van der Waals surface area (Å²) in [5.41, 5.74) is 1.70. The molecule has 2 heterocycles. The lowest BCUT2D eigenvalue weighted by Crippen LogP contribution is -1.91. The van der Waals surface area contributed by atoms with Crippen molar-refractivity contribution in [3.63, 3.8) is 0 Å². The maximum Gasteiger partial charge on any atom is 0.163 e. The van der Waals surface area contributed by atoms with Gasteiger partial charge in [0.2, 0.25) is 0 Å². The first-order valence-electron chi connectivity index (χ1n) is 5.17. The zero-order valence-electron chi connectivity index (χ0n) is 8.84. The van der Waals surface area contributed by atoms with Gasteiger partial charge in [-0.25, -0.2) is 9.97 Å². The second-order valence-corrected chi connectivity index (χ2v) is 3.95. The SMILES string of the molecule is Clc1nc(-c2cccnc2)nc2ccccc12. The molecule has 0 N–H and O–H groups in total. The second-order valence-electron chi connectivity index (χ2n) is 3.60. The highest BCUT2D eigenvalue weighted by molar-refractivity contribution is 6.34. The third-order valence-corrected chi connectivity index (χ3v) is 2.76. The number of hydrogen-bond donors (Lipinski definition) is 0. The summed E-state index contributed by atoms with van der Waals surface area (Å²) in [4.78, 5) is 12.8. The predicted octanol–water partition coefficient (Wildman–Crippen LogP) is 3.35. The largest absolute Gasteiger partial charge is 0.264 e. The van der Waals surface area contributed by atoms with Crippen LogP contribution < -0.4 is 0 Å². The van der Waals surface area contributed by atoms with Crippen LogP contribution in [0.15, 0.2) is 48.8 Å². The van der Waals surface area contributed by atoms with Crippen molar-refractivity contribution in [2.24, 2.45) is 0 Å². The molecule has 4 heteroatoms. The van der Waals surface area contributed by atoms with Crippen molar-refractivity contribution in [2.45, 2.75) is 0 Å². The van der Waals surface area contributed by atoms with Crippen LogP contribution in [0.4, 0.5) is 0 Å². The van der Waals surface area contributed by atoms with Crippen LogP contribution in [0, 0.1) is 0 Å². The Morgan fingerprint density at radius 1 is 0.941 bits per heavy atom. The van der Waals surface area contributed by atoms with E-state index in [1.807, 2.05) is 36.4 Å². The molecule has 82 valence electrons. The first-order chi connectivity index (χ1) is 8.34. The number of fused-ring (bicyclic) bond motifs is 1. The average molecular weight is 242 g/mol. The fourth-order valence-electron chi connectivity index (χ4n) is 1.66. The molecule has 3 nitrogen and oxygen atoms in total. The number of halogens is 1. The van der Waals surface area contributed by atoms with Crippen LogP contribution in [0.3, 0.4) is 0 Å². The molecule has 0 saturated heterocycles. The number of aromatic nitrogens is 3. The number of benzene rings is 1. The Bertz CT molecular complexity index is 668. The fourth-order valence-corrected chi connectivity index (χ4v) is 1.90. The minimum absolute atomic E-state index is 0.467. The Morgan fingerprint density at radius 2 is 1.82 bits per heavy atom. The van der Waals surface area contributed by atoms with Crippen LogP contribution in [0.1, 0.15) is 0 Å².